The third-order valence-corrected chi connectivity index (χ3v) is 8.13. The minimum Gasteiger partial charge on any atom is -0.336 e. The molecule has 0 atom stereocenters. The summed E-state index contributed by atoms with van der Waals surface area (Å²) in [5.74, 6) is -0.0622. The Hall–Kier alpha value is -2.48. The lowest BCUT2D eigenvalue weighted by molar-refractivity contribution is 0.0698. The number of carbonyl (C=O) groups excluding carboxylic acids is 1. The van der Waals surface area contributed by atoms with Crippen LogP contribution in [0.2, 0.25) is 0 Å². The van der Waals surface area contributed by atoms with E-state index < -0.39 is 10.0 Å². The van der Waals surface area contributed by atoms with Gasteiger partial charge in [0.1, 0.15) is 4.21 Å². The first kappa shape index (κ1) is 18.9. The fourth-order valence-corrected chi connectivity index (χ4v) is 5.85. The van der Waals surface area contributed by atoms with E-state index in [2.05, 4.69) is 0 Å². The number of benzene rings is 2. The lowest BCUT2D eigenvalue weighted by Gasteiger charge is -2.33. The molecule has 2 aromatic carbocycles. The van der Waals surface area contributed by atoms with E-state index in [1.807, 2.05) is 54.6 Å². The molecule has 0 radical (unpaired) electrons. The van der Waals surface area contributed by atoms with E-state index in [4.69, 9.17) is 0 Å². The molecule has 144 valence electrons. The highest BCUT2D eigenvalue weighted by Gasteiger charge is 2.30. The van der Waals surface area contributed by atoms with Gasteiger partial charge in [-0.05, 0) is 34.7 Å². The van der Waals surface area contributed by atoms with Crippen LogP contribution in [0.5, 0.6) is 0 Å². The van der Waals surface area contributed by atoms with E-state index in [0.717, 1.165) is 11.1 Å². The van der Waals surface area contributed by atoms with Gasteiger partial charge in [-0.25, -0.2) is 8.42 Å². The van der Waals surface area contributed by atoms with Crippen LogP contribution in [0, 0.1) is 0 Å². The molecule has 4 rings (SSSR count). The summed E-state index contributed by atoms with van der Waals surface area (Å²) in [6.45, 7) is 1.41. The Bertz CT molecular complexity index is 1040. The van der Waals surface area contributed by atoms with Crippen molar-refractivity contribution in [1.29, 1.82) is 0 Å². The van der Waals surface area contributed by atoms with Crippen LogP contribution in [0.15, 0.2) is 76.3 Å². The molecule has 0 unspecified atom stereocenters. The van der Waals surface area contributed by atoms with Gasteiger partial charge in [0.05, 0.1) is 0 Å². The molecule has 0 bridgehead atoms. The monoisotopic (exact) mass is 412 g/mol. The summed E-state index contributed by atoms with van der Waals surface area (Å²) in [5, 5.41) is 1.76. The van der Waals surface area contributed by atoms with Crippen LogP contribution in [0.4, 0.5) is 0 Å². The quantitative estimate of drug-likeness (QED) is 0.658. The van der Waals surface area contributed by atoms with E-state index in [9.17, 15) is 13.2 Å². The van der Waals surface area contributed by atoms with Crippen molar-refractivity contribution in [2.45, 2.75) is 4.21 Å². The van der Waals surface area contributed by atoms with Crippen molar-refractivity contribution in [2.75, 3.05) is 26.2 Å². The molecule has 28 heavy (non-hydrogen) atoms. The highest BCUT2D eigenvalue weighted by atomic mass is 32.2. The van der Waals surface area contributed by atoms with Crippen molar-refractivity contribution in [3.05, 3.63) is 77.7 Å². The third kappa shape index (κ3) is 3.73. The van der Waals surface area contributed by atoms with Gasteiger partial charge in [-0.15, -0.1) is 11.3 Å². The molecule has 1 aliphatic rings. The van der Waals surface area contributed by atoms with Crippen LogP contribution in [-0.2, 0) is 10.0 Å². The summed E-state index contributed by atoms with van der Waals surface area (Å²) in [6, 6.07) is 20.9. The lowest BCUT2D eigenvalue weighted by Crippen LogP contribution is -2.50. The van der Waals surface area contributed by atoms with Crippen LogP contribution >= 0.6 is 11.3 Å². The van der Waals surface area contributed by atoms with E-state index in [0.29, 0.717) is 36.0 Å². The van der Waals surface area contributed by atoms with Gasteiger partial charge in [-0.3, -0.25) is 4.79 Å². The van der Waals surface area contributed by atoms with Crippen molar-refractivity contribution in [3.8, 4) is 11.1 Å². The van der Waals surface area contributed by atoms with Crippen molar-refractivity contribution in [2.24, 2.45) is 0 Å². The Kier molecular flexibility index (Phi) is 5.30. The molecule has 1 amide bonds. The standard InChI is InChI=1S/C21H20N2O3S2/c24-21(19-10-8-18(9-11-19)17-5-2-1-3-6-17)22-12-14-23(15-13-22)28(25,26)20-7-4-16-27-20/h1-11,16H,12-15H2. The smallest absolute Gasteiger partial charge is 0.253 e. The molecule has 0 N–H and O–H groups in total. The lowest BCUT2D eigenvalue weighted by atomic mass is 10.0. The Balaban J connectivity index is 1.42. The Labute approximate surface area is 168 Å². The molecule has 1 fully saturated rings. The minimum absolute atomic E-state index is 0.0622. The summed E-state index contributed by atoms with van der Waals surface area (Å²) in [6.07, 6.45) is 0. The Morgan fingerprint density at radius 3 is 2.04 bits per heavy atom. The number of nitrogens with zero attached hydrogens (tertiary/aromatic N) is 2. The molecule has 1 aromatic heterocycles. The topological polar surface area (TPSA) is 57.7 Å². The maximum absolute atomic E-state index is 12.8. The minimum atomic E-state index is -3.45. The maximum Gasteiger partial charge on any atom is 0.253 e. The number of rotatable bonds is 4. The second-order valence-electron chi connectivity index (χ2n) is 6.57. The number of hydrogen-bond donors (Lipinski definition) is 0. The third-order valence-electron chi connectivity index (χ3n) is 4.85. The molecule has 0 saturated carbocycles. The first-order valence-corrected chi connectivity index (χ1v) is 11.4. The fourth-order valence-electron chi connectivity index (χ4n) is 3.29. The van der Waals surface area contributed by atoms with Gasteiger partial charge in [0.25, 0.3) is 15.9 Å². The van der Waals surface area contributed by atoms with Gasteiger partial charge in [-0.1, -0.05) is 48.5 Å². The molecule has 1 aliphatic heterocycles. The van der Waals surface area contributed by atoms with E-state index >= 15 is 0 Å². The zero-order chi connectivity index (χ0) is 19.6. The summed E-state index contributed by atoms with van der Waals surface area (Å²) in [5.41, 5.74) is 2.78. The molecule has 5 nitrogen and oxygen atoms in total. The van der Waals surface area contributed by atoms with Crippen LogP contribution < -0.4 is 0 Å². The fraction of sp³-hybridized carbons (Fsp3) is 0.190. The number of piperazine rings is 1. The zero-order valence-electron chi connectivity index (χ0n) is 15.2. The summed E-state index contributed by atoms with van der Waals surface area (Å²) >= 11 is 1.22. The average molecular weight is 413 g/mol. The normalized spacial score (nSPS) is 15.5. The number of sulfonamides is 1. The molecule has 0 aliphatic carbocycles. The Morgan fingerprint density at radius 1 is 0.786 bits per heavy atom. The summed E-state index contributed by atoms with van der Waals surface area (Å²) in [4.78, 5) is 14.5. The number of hydrogen-bond acceptors (Lipinski definition) is 4. The molecule has 2 heterocycles. The maximum atomic E-state index is 12.8. The van der Waals surface area contributed by atoms with Crippen LogP contribution in [0.3, 0.4) is 0 Å². The van der Waals surface area contributed by atoms with Gasteiger partial charge >= 0.3 is 0 Å². The molecule has 3 aromatic rings. The zero-order valence-corrected chi connectivity index (χ0v) is 16.8. The van der Waals surface area contributed by atoms with Crippen molar-refractivity contribution in [3.63, 3.8) is 0 Å². The van der Waals surface area contributed by atoms with Crippen molar-refractivity contribution < 1.29 is 13.2 Å². The first-order valence-electron chi connectivity index (χ1n) is 9.04. The van der Waals surface area contributed by atoms with E-state index in [-0.39, 0.29) is 5.91 Å². The largest absolute Gasteiger partial charge is 0.336 e. The predicted octanol–water partition coefficient (Wildman–Crippen LogP) is 3.56. The predicted molar refractivity (Wildman–Crippen MR) is 111 cm³/mol. The van der Waals surface area contributed by atoms with Gasteiger partial charge < -0.3 is 4.90 Å². The Morgan fingerprint density at radius 2 is 1.43 bits per heavy atom. The second-order valence-corrected chi connectivity index (χ2v) is 9.68. The van der Waals surface area contributed by atoms with E-state index in [1.54, 1.807) is 22.4 Å². The molecule has 1 saturated heterocycles. The summed E-state index contributed by atoms with van der Waals surface area (Å²) < 4.78 is 27.0. The SMILES string of the molecule is O=C(c1ccc(-c2ccccc2)cc1)N1CCN(S(=O)(=O)c2cccs2)CC1. The number of carbonyl (C=O) groups is 1. The van der Waals surface area contributed by atoms with Crippen LogP contribution in [0.25, 0.3) is 11.1 Å². The van der Waals surface area contributed by atoms with Crippen molar-refractivity contribution in [1.82, 2.24) is 9.21 Å². The van der Waals surface area contributed by atoms with Gasteiger partial charge in [-0.2, -0.15) is 4.31 Å². The highest BCUT2D eigenvalue weighted by molar-refractivity contribution is 7.91. The molecule has 0 spiro atoms. The molecule has 7 heteroatoms. The van der Waals surface area contributed by atoms with Crippen LogP contribution in [-0.4, -0.2) is 49.7 Å². The van der Waals surface area contributed by atoms with E-state index in [1.165, 1.54) is 15.6 Å². The molecular formula is C21H20N2O3S2. The van der Waals surface area contributed by atoms with Gasteiger partial charge in [0.15, 0.2) is 0 Å². The second kappa shape index (κ2) is 7.87. The first-order chi connectivity index (χ1) is 13.6. The van der Waals surface area contributed by atoms with Crippen LogP contribution in [0.1, 0.15) is 10.4 Å². The number of thiophene rings is 1. The average Bonchev–Trinajstić information content (AvgIpc) is 3.30. The highest BCUT2D eigenvalue weighted by Crippen LogP contribution is 2.23. The summed E-state index contributed by atoms with van der Waals surface area (Å²) in [7, 11) is -3.45. The van der Waals surface area contributed by atoms with Crippen molar-refractivity contribution >= 4 is 27.3 Å². The molecular weight excluding hydrogens is 392 g/mol. The number of amides is 1. The van der Waals surface area contributed by atoms with Gasteiger partial charge in [0, 0.05) is 31.7 Å². The van der Waals surface area contributed by atoms with Gasteiger partial charge in [0.2, 0.25) is 0 Å².